The number of carbonyl (C=O) groups excluding carboxylic acids is 1. The summed E-state index contributed by atoms with van der Waals surface area (Å²) in [5.41, 5.74) is 0.827. The van der Waals surface area contributed by atoms with E-state index in [-0.39, 0.29) is 17.6 Å². The maximum Gasteiger partial charge on any atom is 0.315 e. The molecule has 2 amide bonds. The Kier molecular flexibility index (Phi) is 4.83. The summed E-state index contributed by atoms with van der Waals surface area (Å²) in [7, 11) is 1.71. The lowest BCUT2D eigenvalue weighted by atomic mass is 10.1. The number of aryl methyl sites for hydroxylation is 1. The van der Waals surface area contributed by atoms with Crippen LogP contribution in [0.5, 0.6) is 0 Å². The van der Waals surface area contributed by atoms with Crippen molar-refractivity contribution in [1.82, 2.24) is 20.2 Å². The molecule has 1 aliphatic heterocycles. The number of amides is 2. The van der Waals surface area contributed by atoms with E-state index in [9.17, 15) is 9.59 Å². The first-order valence-corrected chi connectivity index (χ1v) is 7.95. The summed E-state index contributed by atoms with van der Waals surface area (Å²) >= 11 is 0. The highest BCUT2D eigenvalue weighted by atomic mass is 16.3. The molecular weight excluding hydrogens is 310 g/mol. The van der Waals surface area contributed by atoms with E-state index in [1.54, 1.807) is 32.0 Å². The summed E-state index contributed by atoms with van der Waals surface area (Å²) in [5.74, 6) is 0.475. The second-order valence-corrected chi connectivity index (χ2v) is 5.89. The van der Waals surface area contributed by atoms with Gasteiger partial charge in [-0.25, -0.2) is 9.78 Å². The molecule has 2 aromatic heterocycles. The van der Waals surface area contributed by atoms with E-state index in [1.165, 1.54) is 4.57 Å². The lowest BCUT2D eigenvalue weighted by Gasteiger charge is -2.32. The Morgan fingerprint density at radius 2 is 2.21 bits per heavy atom. The maximum atomic E-state index is 12.1. The van der Waals surface area contributed by atoms with Crippen molar-refractivity contribution in [3.8, 4) is 0 Å². The minimum Gasteiger partial charge on any atom is -0.472 e. The fourth-order valence-electron chi connectivity index (χ4n) is 2.75. The Morgan fingerprint density at radius 3 is 2.92 bits per heavy atom. The molecule has 0 unspecified atom stereocenters. The van der Waals surface area contributed by atoms with Crippen molar-refractivity contribution in [3.63, 3.8) is 0 Å². The number of rotatable bonds is 4. The van der Waals surface area contributed by atoms with Gasteiger partial charge in [0.25, 0.3) is 5.56 Å². The number of urea groups is 1. The fourth-order valence-corrected chi connectivity index (χ4v) is 2.75. The highest BCUT2D eigenvalue weighted by Crippen LogP contribution is 2.14. The number of hydrogen-bond acceptors (Lipinski definition) is 5. The molecule has 1 saturated heterocycles. The van der Waals surface area contributed by atoms with Crippen molar-refractivity contribution < 1.29 is 9.21 Å². The Bertz CT molecular complexity index is 732. The van der Waals surface area contributed by atoms with Gasteiger partial charge in [-0.2, -0.15) is 0 Å². The molecule has 2 N–H and O–H groups in total. The van der Waals surface area contributed by atoms with Crippen LogP contribution in [-0.2, 0) is 13.6 Å². The van der Waals surface area contributed by atoms with E-state index >= 15 is 0 Å². The smallest absolute Gasteiger partial charge is 0.315 e. The van der Waals surface area contributed by atoms with Crippen LogP contribution in [-0.4, -0.2) is 34.7 Å². The molecule has 2 aromatic rings. The molecule has 24 heavy (non-hydrogen) atoms. The quantitative estimate of drug-likeness (QED) is 0.866. The average Bonchev–Trinajstić information content (AvgIpc) is 3.10. The van der Waals surface area contributed by atoms with Gasteiger partial charge in [-0.05, 0) is 18.9 Å². The van der Waals surface area contributed by atoms with E-state index < -0.39 is 0 Å². The molecule has 8 nitrogen and oxygen atoms in total. The van der Waals surface area contributed by atoms with Gasteiger partial charge in [0.2, 0.25) is 0 Å². The third-order valence-electron chi connectivity index (χ3n) is 4.16. The third kappa shape index (κ3) is 3.76. The number of anilines is 1. The standard InChI is InChI=1S/C16H21N5O3/c1-20-8-5-17-14(15(20)22)21-6-2-13(3-7-21)19-16(23)18-10-12-4-9-24-11-12/h4-5,8-9,11,13H,2-3,6-7,10H2,1H3,(H2,18,19,23). The van der Waals surface area contributed by atoms with Crippen molar-refractivity contribution in [2.24, 2.45) is 7.05 Å². The Balaban J connectivity index is 1.47. The van der Waals surface area contributed by atoms with Crippen molar-refractivity contribution in [2.45, 2.75) is 25.4 Å². The van der Waals surface area contributed by atoms with Gasteiger partial charge in [0.15, 0.2) is 5.82 Å². The first-order valence-electron chi connectivity index (χ1n) is 7.95. The number of nitrogens with one attached hydrogen (secondary N) is 2. The molecule has 3 rings (SSSR count). The summed E-state index contributed by atoms with van der Waals surface area (Å²) < 4.78 is 6.48. The van der Waals surface area contributed by atoms with Gasteiger partial charge in [0.05, 0.1) is 12.5 Å². The lowest BCUT2D eigenvalue weighted by Crippen LogP contribution is -2.48. The van der Waals surface area contributed by atoms with Gasteiger partial charge >= 0.3 is 6.03 Å². The van der Waals surface area contributed by atoms with Crippen LogP contribution in [0.25, 0.3) is 0 Å². The molecule has 128 valence electrons. The van der Waals surface area contributed by atoms with E-state index in [0.29, 0.717) is 25.5 Å². The number of aromatic nitrogens is 2. The normalized spacial score (nSPS) is 15.3. The zero-order valence-corrected chi connectivity index (χ0v) is 13.6. The number of piperidine rings is 1. The highest BCUT2D eigenvalue weighted by Gasteiger charge is 2.23. The highest BCUT2D eigenvalue weighted by molar-refractivity contribution is 5.74. The maximum absolute atomic E-state index is 12.1. The third-order valence-corrected chi connectivity index (χ3v) is 4.16. The second-order valence-electron chi connectivity index (χ2n) is 5.89. The first-order chi connectivity index (χ1) is 11.6. The molecular formula is C16H21N5O3. The first kappa shape index (κ1) is 16.1. The zero-order chi connectivity index (χ0) is 16.9. The Hall–Kier alpha value is -2.77. The molecule has 0 saturated carbocycles. The van der Waals surface area contributed by atoms with Crippen molar-refractivity contribution in [1.29, 1.82) is 0 Å². The minimum atomic E-state index is -0.191. The van der Waals surface area contributed by atoms with E-state index in [4.69, 9.17) is 4.42 Å². The van der Waals surface area contributed by atoms with Crippen molar-refractivity contribution in [3.05, 3.63) is 46.9 Å². The van der Waals surface area contributed by atoms with Crippen molar-refractivity contribution in [2.75, 3.05) is 18.0 Å². The SMILES string of the molecule is Cn1ccnc(N2CCC(NC(=O)NCc3ccoc3)CC2)c1=O. The number of nitrogens with zero attached hydrogens (tertiary/aromatic N) is 3. The van der Waals surface area contributed by atoms with Gasteiger partial charge in [-0.3, -0.25) is 4.79 Å². The van der Waals surface area contributed by atoms with Gasteiger partial charge in [0, 0.05) is 50.7 Å². The van der Waals surface area contributed by atoms with Gasteiger partial charge in [0.1, 0.15) is 0 Å². The number of carbonyl (C=O) groups is 1. The van der Waals surface area contributed by atoms with Crippen LogP contribution in [0.2, 0.25) is 0 Å². The minimum absolute atomic E-state index is 0.0955. The monoisotopic (exact) mass is 331 g/mol. The molecule has 0 aliphatic carbocycles. The molecule has 0 spiro atoms. The molecule has 1 fully saturated rings. The van der Waals surface area contributed by atoms with Crippen LogP contribution in [0.1, 0.15) is 18.4 Å². The largest absolute Gasteiger partial charge is 0.472 e. The lowest BCUT2D eigenvalue weighted by molar-refractivity contribution is 0.234. The second kappa shape index (κ2) is 7.20. The zero-order valence-electron chi connectivity index (χ0n) is 13.6. The molecule has 1 aliphatic rings. The predicted octanol–water partition coefficient (Wildman–Crippen LogP) is 0.841. The molecule has 0 aromatic carbocycles. The fraction of sp³-hybridized carbons (Fsp3) is 0.438. The molecule has 8 heteroatoms. The van der Waals surface area contributed by atoms with Crippen LogP contribution in [0.15, 0.2) is 40.2 Å². The summed E-state index contributed by atoms with van der Waals surface area (Å²) in [4.78, 5) is 30.2. The van der Waals surface area contributed by atoms with E-state index in [0.717, 1.165) is 18.4 Å². The van der Waals surface area contributed by atoms with Crippen LogP contribution in [0.4, 0.5) is 10.6 Å². The summed E-state index contributed by atoms with van der Waals surface area (Å²) in [6.07, 6.45) is 8.01. The molecule has 0 atom stereocenters. The summed E-state index contributed by atoms with van der Waals surface area (Å²) in [6.45, 7) is 1.82. The molecule has 0 bridgehead atoms. The van der Waals surface area contributed by atoms with Gasteiger partial charge < -0.3 is 24.5 Å². The Morgan fingerprint density at radius 1 is 1.42 bits per heavy atom. The Labute approximate surface area is 139 Å². The summed E-state index contributed by atoms with van der Waals surface area (Å²) in [6, 6.07) is 1.72. The van der Waals surface area contributed by atoms with E-state index in [2.05, 4.69) is 15.6 Å². The topological polar surface area (TPSA) is 92.4 Å². The molecule has 3 heterocycles. The number of hydrogen-bond donors (Lipinski definition) is 2. The predicted molar refractivity (Wildman–Crippen MR) is 88.8 cm³/mol. The molecule has 0 radical (unpaired) electrons. The van der Waals surface area contributed by atoms with Crippen LogP contribution in [0.3, 0.4) is 0 Å². The van der Waals surface area contributed by atoms with Crippen LogP contribution < -0.4 is 21.1 Å². The average molecular weight is 331 g/mol. The van der Waals surface area contributed by atoms with E-state index in [1.807, 2.05) is 11.0 Å². The van der Waals surface area contributed by atoms with Gasteiger partial charge in [-0.15, -0.1) is 0 Å². The van der Waals surface area contributed by atoms with Crippen LogP contribution in [0, 0.1) is 0 Å². The number of furan rings is 1. The summed E-state index contributed by atoms with van der Waals surface area (Å²) in [5, 5.41) is 5.77. The van der Waals surface area contributed by atoms with Crippen molar-refractivity contribution >= 4 is 11.8 Å². The van der Waals surface area contributed by atoms with Gasteiger partial charge in [-0.1, -0.05) is 0 Å². The van der Waals surface area contributed by atoms with Crippen LogP contribution >= 0.6 is 0 Å².